The Hall–Kier alpha value is -0.870. The molecule has 1 fully saturated rings. The van der Waals surface area contributed by atoms with E-state index >= 15 is 0 Å². The summed E-state index contributed by atoms with van der Waals surface area (Å²) in [5, 5.41) is 9.43. The number of esters is 1. The number of hydrogen-bond donors (Lipinski definition) is 1. The molecular formula is C9H14O4. The van der Waals surface area contributed by atoms with Crippen LogP contribution in [0.25, 0.3) is 0 Å². The molecule has 1 rings (SSSR count). The highest BCUT2D eigenvalue weighted by Gasteiger charge is 2.21. The van der Waals surface area contributed by atoms with E-state index in [1.54, 1.807) is 0 Å². The predicted octanol–water partition coefficient (Wildman–Crippen LogP) is 0.255. The van der Waals surface area contributed by atoms with Crippen LogP contribution in [-0.2, 0) is 14.3 Å². The Balaban J connectivity index is 2.41. The Labute approximate surface area is 77.1 Å². The van der Waals surface area contributed by atoms with Crippen LogP contribution in [0.5, 0.6) is 0 Å². The molecule has 1 N–H and O–H groups in total. The van der Waals surface area contributed by atoms with Crippen LogP contribution in [0, 0.1) is 0 Å². The molecule has 1 heterocycles. The zero-order valence-corrected chi connectivity index (χ0v) is 7.60. The van der Waals surface area contributed by atoms with Crippen molar-refractivity contribution in [3.05, 3.63) is 12.2 Å². The summed E-state index contributed by atoms with van der Waals surface area (Å²) in [5.74, 6) is -0.429. The Morgan fingerprint density at radius 1 is 1.69 bits per heavy atom. The first kappa shape index (κ1) is 10.2. The largest absolute Gasteiger partial charge is 0.466 e. The second-order valence-corrected chi connectivity index (χ2v) is 2.93. The van der Waals surface area contributed by atoms with Gasteiger partial charge < -0.3 is 14.6 Å². The van der Waals surface area contributed by atoms with Gasteiger partial charge in [0.05, 0.1) is 13.2 Å². The van der Waals surface area contributed by atoms with Crippen LogP contribution < -0.4 is 0 Å². The van der Waals surface area contributed by atoms with E-state index in [-0.39, 0.29) is 6.10 Å². The maximum absolute atomic E-state index is 10.7. The molecule has 74 valence electrons. The first-order chi connectivity index (χ1) is 6.24. The van der Waals surface area contributed by atoms with Gasteiger partial charge >= 0.3 is 5.97 Å². The number of aliphatic hydroxyl groups is 1. The third-order valence-electron chi connectivity index (χ3n) is 1.96. The van der Waals surface area contributed by atoms with Crippen LogP contribution in [0.1, 0.15) is 12.8 Å². The molecule has 1 saturated heterocycles. The lowest BCUT2D eigenvalue weighted by atomic mass is 10.1. The van der Waals surface area contributed by atoms with Crippen molar-refractivity contribution in [1.29, 1.82) is 0 Å². The third-order valence-corrected chi connectivity index (χ3v) is 1.96. The standard InChI is InChI=1S/C9H14O4/c1-12-9(11)5-4-8-7(10)3-2-6-13-8/h4-5,7-8,10H,2-3,6H2,1H3/b5-4+. The average molecular weight is 186 g/mol. The van der Waals surface area contributed by atoms with E-state index in [9.17, 15) is 9.90 Å². The normalized spacial score (nSPS) is 29.1. The highest BCUT2D eigenvalue weighted by Crippen LogP contribution is 2.14. The minimum Gasteiger partial charge on any atom is -0.466 e. The molecule has 4 nitrogen and oxygen atoms in total. The maximum Gasteiger partial charge on any atom is 0.330 e. The van der Waals surface area contributed by atoms with E-state index in [1.165, 1.54) is 19.3 Å². The SMILES string of the molecule is COC(=O)/C=C/C1OCCCC1O. The van der Waals surface area contributed by atoms with E-state index in [1.807, 2.05) is 0 Å². The molecule has 0 aromatic rings. The van der Waals surface area contributed by atoms with Gasteiger partial charge in [-0.05, 0) is 18.9 Å². The molecule has 0 bridgehead atoms. The van der Waals surface area contributed by atoms with Crippen molar-refractivity contribution in [3.8, 4) is 0 Å². The highest BCUT2D eigenvalue weighted by atomic mass is 16.5. The van der Waals surface area contributed by atoms with E-state index < -0.39 is 12.1 Å². The molecule has 0 radical (unpaired) electrons. The maximum atomic E-state index is 10.7. The quantitative estimate of drug-likeness (QED) is 0.496. The van der Waals surface area contributed by atoms with Crippen LogP contribution in [0.2, 0.25) is 0 Å². The van der Waals surface area contributed by atoms with Gasteiger partial charge in [0.1, 0.15) is 6.10 Å². The topological polar surface area (TPSA) is 55.8 Å². The fraction of sp³-hybridized carbons (Fsp3) is 0.667. The van der Waals surface area contributed by atoms with E-state index in [0.29, 0.717) is 6.61 Å². The summed E-state index contributed by atoms with van der Waals surface area (Å²) in [6.07, 6.45) is 3.52. The molecule has 0 aromatic heterocycles. The number of carbonyl (C=O) groups is 1. The summed E-state index contributed by atoms with van der Waals surface area (Å²) in [5.41, 5.74) is 0. The summed E-state index contributed by atoms with van der Waals surface area (Å²) in [7, 11) is 1.31. The van der Waals surface area contributed by atoms with E-state index in [4.69, 9.17) is 4.74 Å². The Bertz CT molecular complexity index is 200. The van der Waals surface area contributed by atoms with Crippen molar-refractivity contribution in [2.45, 2.75) is 25.0 Å². The Morgan fingerprint density at radius 3 is 3.08 bits per heavy atom. The average Bonchev–Trinajstić information content (AvgIpc) is 2.16. The minimum atomic E-state index is -0.505. The smallest absolute Gasteiger partial charge is 0.330 e. The van der Waals surface area contributed by atoms with Gasteiger partial charge in [0.2, 0.25) is 0 Å². The first-order valence-corrected chi connectivity index (χ1v) is 4.30. The highest BCUT2D eigenvalue weighted by molar-refractivity contribution is 5.81. The number of ether oxygens (including phenoxy) is 2. The van der Waals surface area contributed by atoms with Crippen LogP contribution in [-0.4, -0.2) is 37.0 Å². The monoisotopic (exact) mass is 186 g/mol. The minimum absolute atomic E-state index is 0.368. The van der Waals surface area contributed by atoms with Crippen molar-refractivity contribution in [1.82, 2.24) is 0 Å². The van der Waals surface area contributed by atoms with Crippen LogP contribution >= 0.6 is 0 Å². The summed E-state index contributed by atoms with van der Waals surface area (Å²) in [6, 6.07) is 0. The molecular weight excluding hydrogens is 172 g/mol. The van der Waals surface area contributed by atoms with Crippen molar-refractivity contribution >= 4 is 5.97 Å². The molecule has 1 aliphatic rings. The molecule has 4 heteroatoms. The van der Waals surface area contributed by atoms with Gasteiger partial charge in [0.25, 0.3) is 0 Å². The molecule has 2 unspecified atom stereocenters. The Kier molecular flexibility index (Phi) is 3.92. The lowest BCUT2D eigenvalue weighted by Gasteiger charge is -2.25. The van der Waals surface area contributed by atoms with Gasteiger partial charge in [-0.25, -0.2) is 4.79 Å². The summed E-state index contributed by atoms with van der Waals surface area (Å²) in [6.45, 7) is 0.632. The molecule has 0 aliphatic carbocycles. The van der Waals surface area contributed by atoms with Crippen LogP contribution in [0.3, 0.4) is 0 Å². The van der Waals surface area contributed by atoms with Gasteiger partial charge in [0, 0.05) is 12.7 Å². The van der Waals surface area contributed by atoms with Gasteiger partial charge in [-0.3, -0.25) is 0 Å². The Morgan fingerprint density at radius 2 is 2.46 bits per heavy atom. The third kappa shape index (κ3) is 3.16. The van der Waals surface area contributed by atoms with E-state index in [2.05, 4.69) is 4.74 Å². The lowest BCUT2D eigenvalue weighted by Crippen LogP contribution is -2.32. The lowest BCUT2D eigenvalue weighted by molar-refractivity contribution is -0.135. The summed E-state index contributed by atoms with van der Waals surface area (Å²) >= 11 is 0. The van der Waals surface area contributed by atoms with E-state index in [0.717, 1.165) is 12.8 Å². The number of methoxy groups -OCH3 is 1. The second kappa shape index (κ2) is 4.99. The fourth-order valence-electron chi connectivity index (χ4n) is 1.21. The van der Waals surface area contributed by atoms with Crippen LogP contribution in [0.4, 0.5) is 0 Å². The van der Waals surface area contributed by atoms with Gasteiger partial charge in [0.15, 0.2) is 0 Å². The molecule has 0 spiro atoms. The molecule has 0 amide bonds. The zero-order valence-electron chi connectivity index (χ0n) is 7.60. The number of carbonyl (C=O) groups excluding carboxylic acids is 1. The molecule has 0 saturated carbocycles. The number of rotatable bonds is 2. The molecule has 0 aromatic carbocycles. The zero-order chi connectivity index (χ0) is 9.68. The van der Waals surface area contributed by atoms with Crippen molar-refractivity contribution < 1.29 is 19.4 Å². The molecule has 2 atom stereocenters. The predicted molar refractivity (Wildman–Crippen MR) is 46.1 cm³/mol. The van der Waals surface area contributed by atoms with Crippen molar-refractivity contribution in [3.63, 3.8) is 0 Å². The molecule has 13 heavy (non-hydrogen) atoms. The fourth-order valence-corrected chi connectivity index (χ4v) is 1.21. The number of hydrogen-bond acceptors (Lipinski definition) is 4. The summed E-state index contributed by atoms with van der Waals surface area (Å²) < 4.78 is 9.65. The van der Waals surface area contributed by atoms with Crippen LogP contribution in [0.15, 0.2) is 12.2 Å². The van der Waals surface area contributed by atoms with Gasteiger partial charge in [-0.1, -0.05) is 0 Å². The summed E-state index contributed by atoms with van der Waals surface area (Å²) in [4.78, 5) is 10.7. The van der Waals surface area contributed by atoms with Crippen molar-refractivity contribution in [2.24, 2.45) is 0 Å². The number of aliphatic hydroxyl groups excluding tert-OH is 1. The van der Waals surface area contributed by atoms with Crippen molar-refractivity contribution in [2.75, 3.05) is 13.7 Å². The van der Waals surface area contributed by atoms with Gasteiger partial charge in [-0.15, -0.1) is 0 Å². The molecule has 1 aliphatic heterocycles. The second-order valence-electron chi connectivity index (χ2n) is 2.93. The van der Waals surface area contributed by atoms with Gasteiger partial charge in [-0.2, -0.15) is 0 Å². The first-order valence-electron chi connectivity index (χ1n) is 4.30.